The molecule has 0 unspecified atom stereocenters. The van der Waals surface area contributed by atoms with E-state index >= 15 is 0 Å². The fourth-order valence-electron chi connectivity index (χ4n) is 3.02. The highest BCUT2D eigenvalue weighted by Gasteiger charge is 2.32. The maximum Gasteiger partial charge on any atom is 0.241 e. The Labute approximate surface area is 143 Å². The van der Waals surface area contributed by atoms with Crippen LogP contribution < -0.4 is 14.8 Å². The SMILES string of the molecule is CCOc1cccc(S(=O)(=O)N[C@@H]2CNC[C@H]2c2ccccc2)c1. The molecule has 0 saturated carbocycles. The normalized spacial score (nSPS) is 20.9. The molecule has 3 rings (SSSR count). The van der Waals surface area contributed by atoms with Crippen molar-refractivity contribution in [3.05, 3.63) is 60.2 Å². The van der Waals surface area contributed by atoms with Crippen LogP contribution in [0.4, 0.5) is 0 Å². The van der Waals surface area contributed by atoms with Crippen LogP contribution >= 0.6 is 0 Å². The van der Waals surface area contributed by atoms with Crippen LogP contribution in [-0.2, 0) is 10.0 Å². The summed E-state index contributed by atoms with van der Waals surface area (Å²) in [6.07, 6.45) is 0. The van der Waals surface area contributed by atoms with Crippen molar-refractivity contribution in [1.82, 2.24) is 10.0 Å². The minimum Gasteiger partial charge on any atom is -0.494 e. The summed E-state index contributed by atoms with van der Waals surface area (Å²) in [5.41, 5.74) is 1.14. The lowest BCUT2D eigenvalue weighted by Crippen LogP contribution is -2.39. The molecule has 0 radical (unpaired) electrons. The molecule has 128 valence electrons. The second-order valence-corrected chi connectivity index (χ2v) is 7.53. The van der Waals surface area contributed by atoms with E-state index in [0.717, 1.165) is 12.1 Å². The first-order valence-electron chi connectivity index (χ1n) is 8.11. The van der Waals surface area contributed by atoms with Gasteiger partial charge in [-0.15, -0.1) is 0 Å². The third-order valence-electron chi connectivity index (χ3n) is 4.18. The quantitative estimate of drug-likeness (QED) is 0.841. The molecule has 1 aliphatic heterocycles. The first kappa shape index (κ1) is 17.0. The molecule has 1 fully saturated rings. The maximum absolute atomic E-state index is 12.7. The van der Waals surface area contributed by atoms with Crippen molar-refractivity contribution in [2.45, 2.75) is 23.8 Å². The molecule has 2 N–H and O–H groups in total. The molecular formula is C18H22N2O3S. The smallest absolute Gasteiger partial charge is 0.241 e. The number of hydrogen-bond donors (Lipinski definition) is 2. The molecule has 0 aromatic heterocycles. The summed E-state index contributed by atoms with van der Waals surface area (Å²) in [5.74, 6) is 0.681. The third kappa shape index (κ3) is 3.77. The number of sulfonamides is 1. The Morgan fingerprint density at radius 1 is 1.12 bits per heavy atom. The summed E-state index contributed by atoms with van der Waals surface area (Å²) in [6.45, 7) is 3.74. The van der Waals surface area contributed by atoms with Gasteiger partial charge in [0, 0.05) is 31.1 Å². The summed E-state index contributed by atoms with van der Waals surface area (Å²) < 4.78 is 33.7. The van der Waals surface area contributed by atoms with E-state index in [-0.39, 0.29) is 16.9 Å². The van der Waals surface area contributed by atoms with E-state index in [0.29, 0.717) is 18.9 Å². The van der Waals surface area contributed by atoms with E-state index < -0.39 is 10.0 Å². The highest BCUT2D eigenvalue weighted by molar-refractivity contribution is 7.89. The number of ether oxygens (including phenoxy) is 1. The van der Waals surface area contributed by atoms with Gasteiger partial charge in [-0.25, -0.2) is 13.1 Å². The van der Waals surface area contributed by atoms with Crippen LogP contribution in [0.3, 0.4) is 0 Å². The van der Waals surface area contributed by atoms with Crippen LogP contribution in [0.25, 0.3) is 0 Å². The Morgan fingerprint density at radius 2 is 1.92 bits per heavy atom. The first-order chi connectivity index (χ1) is 11.6. The molecule has 2 aromatic rings. The summed E-state index contributed by atoms with van der Waals surface area (Å²) in [4.78, 5) is 0.229. The average Bonchev–Trinajstić information content (AvgIpc) is 3.04. The molecule has 6 heteroatoms. The van der Waals surface area contributed by atoms with Gasteiger partial charge in [-0.05, 0) is 24.6 Å². The van der Waals surface area contributed by atoms with E-state index in [2.05, 4.69) is 10.0 Å². The summed E-state index contributed by atoms with van der Waals surface area (Å²) in [5, 5.41) is 3.28. The Balaban J connectivity index is 1.80. The molecule has 0 bridgehead atoms. The van der Waals surface area contributed by atoms with Gasteiger partial charge in [0.2, 0.25) is 10.0 Å². The van der Waals surface area contributed by atoms with Gasteiger partial charge in [-0.3, -0.25) is 0 Å². The predicted octanol–water partition coefficient (Wildman–Crippen LogP) is 2.12. The lowest BCUT2D eigenvalue weighted by molar-refractivity contribution is 0.339. The minimum atomic E-state index is -3.60. The zero-order chi connectivity index (χ0) is 17.0. The van der Waals surface area contributed by atoms with Crippen LogP contribution in [-0.4, -0.2) is 34.2 Å². The van der Waals surface area contributed by atoms with Gasteiger partial charge < -0.3 is 10.1 Å². The largest absolute Gasteiger partial charge is 0.494 e. The zero-order valence-electron chi connectivity index (χ0n) is 13.6. The molecule has 0 spiro atoms. The first-order valence-corrected chi connectivity index (χ1v) is 9.59. The molecule has 1 aliphatic rings. The van der Waals surface area contributed by atoms with Crippen LogP contribution in [0.15, 0.2) is 59.5 Å². The zero-order valence-corrected chi connectivity index (χ0v) is 14.4. The van der Waals surface area contributed by atoms with Crippen LogP contribution in [0.2, 0.25) is 0 Å². The van der Waals surface area contributed by atoms with Crippen molar-refractivity contribution in [2.24, 2.45) is 0 Å². The van der Waals surface area contributed by atoms with Gasteiger partial charge in [0.25, 0.3) is 0 Å². The van der Waals surface area contributed by atoms with Crippen molar-refractivity contribution in [2.75, 3.05) is 19.7 Å². The van der Waals surface area contributed by atoms with Crippen molar-refractivity contribution in [3.8, 4) is 5.75 Å². The molecule has 1 heterocycles. The Hall–Kier alpha value is -1.89. The van der Waals surface area contributed by atoms with Crippen molar-refractivity contribution >= 4 is 10.0 Å². The standard InChI is InChI=1S/C18H22N2O3S/c1-2-23-15-9-6-10-16(11-15)24(21,22)20-18-13-19-12-17(18)14-7-4-3-5-8-14/h3-11,17-20H,2,12-13H2,1H3/t17-,18+/m0/s1. The topological polar surface area (TPSA) is 67.4 Å². The second-order valence-electron chi connectivity index (χ2n) is 5.81. The van der Waals surface area contributed by atoms with E-state index in [1.54, 1.807) is 24.3 Å². The minimum absolute atomic E-state index is 0.121. The van der Waals surface area contributed by atoms with E-state index in [9.17, 15) is 8.42 Å². The second kappa shape index (κ2) is 7.34. The van der Waals surface area contributed by atoms with Gasteiger partial charge in [0.15, 0.2) is 0 Å². The summed E-state index contributed by atoms with van der Waals surface area (Å²) in [7, 11) is -3.60. The van der Waals surface area contributed by atoms with Gasteiger partial charge in [0.05, 0.1) is 11.5 Å². The fourth-order valence-corrected chi connectivity index (χ4v) is 4.33. The highest BCUT2D eigenvalue weighted by Crippen LogP contribution is 2.25. The van der Waals surface area contributed by atoms with E-state index in [1.165, 1.54) is 0 Å². The monoisotopic (exact) mass is 346 g/mol. The van der Waals surface area contributed by atoms with E-state index in [1.807, 2.05) is 37.3 Å². The predicted molar refractivity (Wildman–Crippen MR) is 93.8 cm³/mol. The Morgan fingerprint density at radius 3 is 2.67 bits per heavy atom. The molecule has 5 nitrogen and oxygen atoms in total. The van der Waals surface area contributed by atoms with Gasteiger partial charge >= 0.3 is 0 Å². The number of hydrogen-bond acceptors (Lipinski definition) is 4. The molecule has 24 heavy (non-hydrogen) atoms. The molecule has 2 aromatic carbocycles. The number of benzene rings is 2. The van der Waals surface area contributed by atoms with Gasteiger partial charge in [-0.1, -0.05) is 36.4 Å². The highest BCUT2D eigenvalue weighted by atomic mass is 32.2. The van der Waals surface area contributed by atoms with Crippen LogP contribution in [0.1, 0.15) is 18.4 Å². The van der Waals surface area contributed by atoms with Crippen molar-refractivity contribution in [3.63, 3.8) is 0 Å². The third-order valence-corrected chi connectivity index (χ3v) is 5.66. The van der Waals surface area contributed by atoms with Crippen LogP contribution in [0.5, 0.6) is 5.75 Å². The molecule has 0 amide bonds. The average molecular weight is 346 g/mol. The molecule has 2 atom stereocenters. The fraction of sp³-hybridized carbons (Fsp3) is 0.333. The van der Waals surface area contributed by atoms with Crippen LogP contribution in [0, 0.1) is 0 Å². The van der Waals surface area contributed by atoms with Gasteiger partial charge in [-0.2, -0.15) is 0 Å². The molecule has 1 saturated heterocycles. The van der Waals surface area contributed by atoms with Crippen molar-refractivity contribution < 1.29 is 13.2 Å². The lowest BCUT2D eigenvalue weighted by Gasteiger charge is -2.20. The van der Waals surface area contributed by atoms with Gasteiger partial charge in [0.1, 0.15) is 5.75 Å². The van der Waals surface area contributed by atoms with Crippen molar-refractivity contribution in [1.29, 1.82) is 0 Å². The maximum atomic E-state index is 12.7. The summed E-state index contributed by atoms with van der Waals surface area (Å²) >= 11 is 0. The Kier molecular flexibility index (Phi) is 5.18. The lowest BCUT2D eigenvalue weighted by atomic mass is 9.95. The molecular weight excluding hydrogens is 324 g/mol. The van der Waals surface area contributed by atoms with E-state index in [4.69, 9.17) is 4.74 Å². The molecule has 0 aliphatic carbocycles. The summed E-state index contributed by atoms with van der Waals surface area (Å²) in [6, 6.07) is 16.4. The number of nitrogens with one attached hydrogen (secondary N) is 2. The Bertz CT molecular complexity index is 778. The number of rotatable bonds is 6.